The minimum atomic E-state index is -4.84. The summed E-state index contributed by atoms with van der Waals surface area (Å²) in [6.45, 7) is 2.07. The van der Waals surface area contributed by atoms with Gasteiger partial charge in [0.2, 0.25) is 5.95 Å². The highest BCUT2D eigenvalue weighted by Gasteiger charge is 2.56. The second kappa shape index (κ2) is 11.5. The lowest BCUT2D eigenvalue weighted by atomic mass is 9.67. The van der Waals surface area contributed by atoms with E-state index in [-0.39, 0.29) is 34.2 Å². The summed E-state index contributed by atoms with van der Waals surface area (Å²) in [6, 6.07) is 8.27. The van der Waals surface area contributed by atoms with Gasteiger partial charge in [0, 0.05) is 36.3 Å². The lowest BCUT2D eigenvalue weighted by molar-refractivity contribution is 0.122. The lowest BCUT2D eigenvalue weighted by Crippen LogP contribution is -2.60. The van der Waals surface area contributed by atoms with E-state index >= 15 is 4.39 Å². The van der Waals surface area contributed by atoms with Crippen molar-refractivity contribution >= 4 is 48.0 Å². The molecule has 3 aliphatic rings. The molecule has 0 radical (unpaired) electrons. The quantitative estimate of drug-likeness (QED) is 0.274. The summed E-state index contributed by atoms with van der Waals surface area (Å²) in [5.41, 5.74) is -0.125. The van der Waals surface area contributed by atoms with E-state index in [0.717, 1.165) is 24.3 Å². The summed E-state index contributed by atoms with van der Waals surface area (Å²) in [4.78, 5) is 15.0. The molecule has 2 N–H and O–H groups in total. The fourth-order valence-corrected chi connectivity index (χ4v) is 10.8. The largest absolute Gasteiger partial charge is 0.378 e. The van der Waals surface area contributed by atoms with Crippen LogP contribution in [0.2, 0.25) is 0 Å². The second-order valence-electron chi connectivity index (χ2n) is 11.6. The van der Waals surface area contributed by atoms with Gasteiger partial charge in [-0.1, -0.05) is 23.5 Å². The van der Waals surface area contributed by atoms with E-state index in [1.807, 2.05) is 9.62 Å². The predicted molar refractivity (Wildman–Crippen MR) is 166 cm³/mol. The number of hydrogen-bond donors (Lipinski definition) is 2. The van der Waals surface area contributed by atoms with Crippen LogP contribution in [0, 0.1) is 22.9 Å². The molecule has 46 heavy (non-hydrogen) atoms. The average molecular weight is 693 g/mol. The molecule has 4 heterocycles. The highest BCUT2D eigenvalue weighted by atomic mass is 32.2. The zero-order valence-electron chi connectivity index (χ0n) is 24.0. The van der Waals surface area contributed by atoms with E-state index < -0.39 is 47.9 Å². The molecule has 0 amide bonds. The Kier molecular flexibility index (Phi) is 7.69. The molecule has 0 unspecified atom stereocenters. The Hall–Kier alpha value is -3.80. The van der Waals surface area contributed by atoms with Crippen LogP contribution in [0.5, 0.6) is 0 Å². The molecule has 0 bridgehead atoms. The number of aromatic nitrogens is 3. The van der Waals surface area contributed by atoms with Gasteiger partial charge in [0.15, 0.2) is 25.7 Å². The maximum atomic E-state index is 16.2. The van der Waals surface area contributed by atoms with Crippen molar-refractivity contribution in [1.82, 2.24) is 15.0 Å². The Labute approximate surface area is 266 Å². The van der Waals surface area contributed by atoms with Gasteiger partial charge in [0.1, 0.15) is 11.6 Å². The van der Waals surface area contributed by atoms with E-state index in [0.29, 0.717) is 60.8 Å². The van der Waals surface area contributed by atoms with Crippen molar-refractivity contribution in [3.63, 3.8) is 0 Å². The number of sulfone groups is 1. The number of hydrogen-bond acceptors (Lipinski definition) is 11. The van der Waals surface area contributed by atoms with Gasteiger partial charge in [-0.2, -0.15) is 0 Å². The zero-order chi connectivity index (χ0) is 32.3. The van der Waals surface area contributed by atoms with E-state index in [9.17, 15) is 25.6 Å². The molecule has 2 saturated heterocycles. The zero-order valence-corrected chi connectivity index (χ0v) is 26.5. The smallest absolute Gasteiger partial charge is 0.267 e. The van der Waals surface area contributed by atoms with Crippen molar-refractivity contribution < 1.29 is 34.7 Å². The Morgan fingerprint density at radius 1 is 0.978 bits per heavy atom. The molecule has 1 spiro atoms. The van der Waals surface area contributed by atoms with Crippen LogP contribution in [0.25, 0.3) is 21.8 Å². The third-order valence-electron chi connectivity index (χ3n) is 8.22. The number of thiazole rings is 1. The number of anilines is 3. The molecule has 17 heteroatoms. The van der Waals surface area contributed by atoms with Gasteiger partial charge in [-0.15, -0.1) is 0 Å². The second-order valence-corrected chi connectivity index (χ2v) is 16.3. The van der Waals surface area contributed by atoms with Crippen molar-refractivity contribution in [2.24, 2.45) is 5.41 Å². The first-order chi connectivity index (χ1) is 21.9. The van der Waals surface area contributed by atoms with Gasteiger partial charge in [-0.25, -0.2) is 45.0 Å². The normalized spacial score (nSPS) is 19.0. The third kappa shape index (κ3) is 5.80. The van der Waals surface area contributed by atoms with Gasteiger partial charge < -0.3 is 15.0 Å². The number of rotatable bonds is 8. The number of sulfonamides is 1. The van der Waals surface area contributed by atoms with Gasteiger partial charge in [0.05, 0.1) is 46.7 Å². The molecular weight excluding hydrogens is 666 g/mol. The number of nitrogens with one attached hydrogen (secondary N) is 2. The van der Waals surface area contributed by atoms with Crippen LogP contribution in [0.4, 0.5) is 29.9 Å². The number of nitrogens with zero attached hydrogens (tertiary/aromatic N) is 4. The first-order valence-corrected chi connectivity index (χ1v) is 18.4. The van der Waals surface area contributed by atoms with Crippen LogP contribution in [0.3, 0.4) is 0 Å². The van der Waals surface area contributed by atoms with Gasteiger partial charge >= 0.3 is 0 Å². The van der Waals surface area contributed by atoms with Crippen molar-refractivity contribution in [3.05, 3.63) is 66.1 Å². The lowest BCUT2D eigenvalue weighted by Gasteiger charge is -2.53. The standard InChI is InChI=1S/C29H27F3N6O5S3/c30-19-4-2-5-20(31)26(19)46(41,42)37-21-6-1-3-18(23(21)32)24-25(44-28(36-24)38-9-11-43-12-10-38)22-7-8-33-27(35-22)34-17-13-29(14-17)15-45(39,40)16-29/h1-8,17,37H,9-16H2,(H,33,34,35). The first-order valence-electron chi connectivity index (χ1n) is 14.3. The van der Waals surface area contributed by atoms with Crippen molar-refractivity contribution in [1.29, 1.82) is 0 Å². The fourth-order valence-electron chi connectivity index (χ4n) is 6.23. The topological polar surface area (TPSA) is 143 Å². The number of morpholine rings is 1. The number of ether oxygens (including phenoxy) is 1. The maximum Gasteiger partial charge on any atom is 0.267 e. The van der Waals surface area contributed by atoms with Crippen molar-refractivity contribution in [3.8, 4) is 21.8 Å². The molecule has 0 atom stereocenters. The van der Waals surface area contributed by atoms with Crippen molar-refractivity contribution in [2.75, 3.05) is 52.7 Å². The molecule has 2 aromatic carbocycles. The van der Waals surface area contributed by atoms with Crippen LogP contribution in [-0.4, -0.2) is 75.6 Å². The molecule has 1 saturated carbocycles. The molecule has 1 aliphatic carbocycles. The summed E-state index contributed by atoms with van der Waals surface area (Å²) in [5, 5.41) is 3.84. The van der Waals surface area contributed by atoms with Crippen molar-refractivity contribution in [2.45, 2.75) is 23.8 Å². The van der Waals surface area contributed by atoms with Crippen LogP contribution in [-0.2, 0) is 24.6 Å². The van der Waals surface area contributed by atoms with Crippen LogP contribution in [0.1, 0.15) is 12.8 Å². The molecule has 4 aromatic rings. The summed E-state index contributed by atoms with van der Waals surface area (Å²) < 4.78 is 102. The molecule has 242 valence electrons. The molecule has 2 aliphatic heterocycles. The maximum absolute atomic E-state index is 16.2. The minimum absolute atomic E-state index is 0.0111. The van der Waals surface area contributed by atoms with Crippen LogP contribution < -0.4 is 14.9 Å². The Bertz CT molecular complexity index is 2010. The first kappa shape index (κ1) is 30.8. The summed E-state index contributed by atoms with van der Waals surface area (Å²) in [5.74, 6) is -2.91. The highest BCUT2D eigenvalue weighted by Crippen LogP contribution is 2.50. The molecule has 2 aromatic heterocycles. The SMILES string of the molecule is O=S1(=O)CC2(CC(Nc3nccc(-c4sc(N5CCOCC5)nc4-c4cccc(NS(=O)(=O)c5c(F)cccc5F)c4F)n3)C2)C1. The van der Waals surface area contributed by atoms with Gasteiger partial charge in [0.25, 0.3) is 10.0 Å². The predicted octanol–water partition coefficient (Wildman–Crippen LogP) is 4.31. The molecule has 11 nitrogen and oxygen atoms in total. The summed E-state index contributed by atoms with van der Waals surface area (Å²) in [6.07, 6.45) is 2.93. The summed E-state index contributed by atoms with van der Waals surface area (Å²) >= 11 is 1.27. The molecule has 3 fully saturated rings. The van der Waals surface area contributed by atoms with Crippen LogP contribution in [0.15, 0.2) is 53.6 Å². The fraction of sp³-hybridized carbons (Fsp3) is 0.345. The van der Waals surface area contributed by atoms with E-state index in [1.54, 1.807) is 12.3 Å². The number of halogens is 3. The van der Waals surface area contributed by atoms with Crippen LogP contribution >= 0.6 is 11.3 Å². The van der Waals surface area contributed by atoms with E-state index in [1.165, 1.54) is 23.5 Å². The Morgan fingerprint density at radius 3 is 2.37 bits per heavy atom. The average Bonchev–Trinajstić information content (AvgIpc) is 3.42. The number of benzene rings is 2. The summed E-state index contributed by atoms with van der Waals surface area (Å²) in [7, 11) is -7.78. The Morgan fingerprint density at radius 2 is 1.67 bits per heavy atom. The van der Waals surface area contributed by atoms with Gasteiger partial charge in [-0.3, -0.25) is 4.72 Å². The highest BCUT2D eigenvalue weighted by molar-refractivity contribution is 7.93. The minimum Gasteiger partial charge on any atom is -0.378 e. The molecule has 7 rings (SSSR count). The van der Waals surface area contributed by atoms with E-state index in [2.05, 4.69) is 15.3 Å². The third-order valence-corrected chi connectivity index (χ3v) is 12.9. The van der Waals surface area contributed by atoms with Gasteiger partial charge in [-0.05, 0) is 43.2 Å². The molecular formula is C29H27F3N6O5S3. The van der Waals surface area contributed by atoms with E-state index in [4.69, 9.17) is 9.72 Å². The monoisotopic (exact) mass is 692 g/mol. The Balaban J connectivity index is 1.22.